The van der Waals surface area contributed by atoms with Gasteiger partial charge in [0.1, 0.15) is 11.8 Å². The summed E-state index contributed by atoms with van der Waals surface area (Å²) >= 11 is 6.30. The lowest BCUT2D eigenvalue weighted by Gasteiger charge is -2.29. The molecular formula is C23H29ClN2O3. The minimum atomic E-state index is -0.615. The molecule has 0 aliphatic rings. The molecular weight excluding hydrogens is 388 g/mol. The fraction of sp³-hybridized carbons (Fsp3) is 0.391. The monoisotopic (exact) mass is 416 g/mol. The van der Waals surface area contributed by atoms with E-state index in [4.69, 9.17) is 16.3 Å². The third kappa shape index (κ3) is 6.79. The molecule has 1 unspecified atom stereocenters. The summed E-state index contributed by atoms with van der Waals surface area (Å²) in [5.41, 5.74) is 1.66. The van der Waals surface area contributed by atoms with Crippen LogP contribution >= 0.6 is 11.6 Å². The second-order valence-corrected chi connectivity index (χ2v) is 7.86. The summed E-state index contributed by atoms with van der Waals surface area (Å²) in [4.78, 5) is 27.4. The molecule has 0 aliphatic heterocycles. The van der Waals surface area contributed by atoms with E-state index < -0.39 is 6.04 Å². The first-order valence-electron chi connectivity index (χ1n) is 9.75. The second kappa shape index (κ2) is 10.9. The smallest absolute Gasteiger partial charge is 0.242 e. The predicted molar refractivity (Wildman–Crippen MR) is 116 cm³/mol. The van der Waals surface area contributed by atoms with Crippen LogP contribution in [0.1, 0.15) is 31.9 Å². The molecule has 0 saturated heterocycles. The molecule has 0 aromatic heterocycles. The molecule has 1 N–H and O–H groups in total. The zero-order chi connectivity index (χ0) is 21.4. The van der Waals surface area contributed by atoms with Gasteiger partial charge in [-0.15, -0.1) is 0 Å². The van der Waals surface area contributed by atoms with Crippen molar-refractivity contribution in [3.8, 4) is 5.75 Å². The summed E-state index contributed by atoms with van der Waals surface area (Å²) in [5.74, 6) is 0.754. The highest BCUT2D eigenvalue weighted by atomic mass is 35.5. The maximum atomic E-state index is 13.1. The van der Waals surface area contributed by atoms with Crippen LogP contribution in [-0.2, 0) is 22.6 Å². The number of nitrogens with one attached hydrogen (secondary N) is 1. The Labute approximate surface area is 178 Å². The van der Waals surface area contributed by atoms with E-state index in [-0.39, 0.29) is 24.8 Å². The van der Waals surface area contributed by atoms with Gasteiger partial charge in [-0.2, -0.15) is 0 Å². The van der Waals surface area contributed by atoms with Gasteiger partial charge >= 0.3 is 0 Å². The molecule has 29 heavy (non-hydrogen) atoms. The van der Waals surface area contributed by atoms with Crippen molar-refractivity contribution in [2.24, 2.45) is 5.92 Å². The number of nitrogens with zero attached hydrogens (tertiary/aromatic N) is 1. The Kier molecular flexibility index (Phi) is 8.52. The largest absolute Gasteiger partial charge is 0.497 e. The molecule has 0 saturated carbocycles. The number of carbonyl (C=O) groups is 2. The van der Waals surface area contributed by atoms with Crippen LogP contribution in [0.3, 0.4) is 0 Å². The third-order valence-corrected chi connectivity index (χ3v) is 5.03. The van der Waals surface area contributed by atoms with Gasteiger partial charge in [0.15, 0.2) is 0 Å². The van der Waals surface area contributed by atoms with Crippen molar-refractivity contribution in [3.63, 3.8) is 0 Å². The quantitative estimate of drug-likeness (QED) is 0.670. The maximum Gasteiger partial charge on any atom is 0.242 e. The number of methoxy groups -OCH3 is 1. The second-order valence-electron chi connectivity index (χ2n) is 7.45. The van der Waals surface area contributed by atoms with Crippen molar-refractivity contribution in [3.05, 3.63) is 64.7 Å². The van der Waals surface area contributed by atoms with E-state index in [0.29, 0.717) is 17.5 Å². The summed E-state index contributed by atoms with van der Waals surface area (Å²) in [6.45, 7) is 6.64. The first kappa shape index (κ1) is 22.8. The van der Waals surface area contributed by atoms with Crippen LogP contribution in [0.15, 0.2) is 48.5 Å². The predicted octanol–water partition coefficient (Wildman–Crippen LogP) is 4.08. The number of rotatable bonds is 9. The highest BCUT2D eigenvalue weighted by Gasteiger charge is 2.26. The van der Waals surface area contributed by atoms with Gasteiger partial charge in [0.2, 0.25) is 11.8 Å². The highest BCUT2D eigenvalue weighted by molar-refractivity contribution is 6.31. The van der Waals surface area contributed by atoms with Crippen LogP contribution in [0.25, 0.3) is 0 Å². The third-order valence-electron chi connectivity index (χ3n) is 4.66. The molecule has 0 heterocycles. The van der Waals surface area contributed by atoms with Gasteiger partial charge in [-0.3, -0.25) is 9.59 Å². The van der Waals surface area contributed by atoms with E-state index in [0.717, 1.165) is 16.9 Å². The van der Waals surface area contributed by atoms with Crippen molar-refractivity contribution >= 4 is 23.4 Å². The standard InChI is InChI=1S/C23H29ClN2O3/c1-16(2)14-25-23(28)17(3)26(15-19-7-5-6-8-21(19)24)22(27)13-18-9-11-20(29-4)12-10-18/h5-12,16-17H,13-15H2,1-4H3,(H,25,28). The van der Waals surface area contributed by atoms with Crippen LogP contribution in [0, 0.1) is 5.92 Å². The molecule has 2 aromatic carbocycles. The maximum absolute atomic E-state index is 13.1. The van der Waals surface area contributed by atoms with Crippen molar-refractivity contribution < 1.29 is 14.3 Å². The SMILES string of the molecule is COc1ccc(CC(=O)N(Cc2ccccc2Cl)C(C)C(=O)NCC(C)C)cc1. The number of hydrogen-bond donors (Lipinski definition) is 1. The number of ether oxygens (including phenoxy) is 1. The Morgan fingerprint density at radius 3 is 2.31 bits per heavy atom. The number of hydrogen-bond acceptors (Lipinski definition) is 3. The molecule has 0 radical (unpaired) electrons. The van der Waals surface area contributed by atoms with Gasteiger partial charge in [0, 0.05) is 18.1 Å². The molecule has 5 nitrogen and oxygen atoms in total. The minimum absolute atomic E-state index is 0.137. The van der Waals surface area contributed by atoms with Gasteiger partial charge in [0.25, 0.3) is 0 Å². The summed E-state index contributed by atoms with van der Waals surface area (Å²) < 4.78 is 5.17. The fourth-order valence-corrected chi connectivity index (χ4v) is 3.06. The van der Waals surface area contributed by atoms with Crippen molar-refractivity contribution in [1.29, 1.82) is 0 Å². The normalized spacial score (nSPS) is 11.8. The van der Waals surface area contributed by atoms with Crippen LogP contribution < -0.4 is 10.1 Å². The van der Waals surface area contributed by atoms with E-state index in [9.17, 15) is 9.59 Å². The van der Waals surface area contributed by atoms with Crippen LogP contribution in [0.5, 0.6) is 5.75 Å². The summed E-state index contributed by atoms with van der Waals surface area (Å²) in [6, 6.07) is 14.1. The lowest BCUT2D eigenvalue weighted by atomic mass is 10.1. The lowest BCUT2D eigenvalue weighted by Crippen LogP contribution is -2.48. The van der Waals surface area contributed by atoms with Crippen molar-refractivity contribution in [1.82, 2.24) is 10.2 Å². The molecule has 6 heteroatoms. The first-order chi connectivity index (χ1) is 13.8. The number of amides is 2. The molecule has 2 amide bonds. The summed E-state index contributed by atoms with van der Waals surface area (Å²) in [5, 5.41) is 3.49. The highest BCUT2D eigenvalue weighted by Crippen LogP contribution is 2.20. The topological polar surface area (TPSA) is 58.6 Å². The molecule has 2 rings (SSSR count). The van der Waals surface area contributed by atoms with E-state index in [1.54, 1.807) is 25.0 Å². The van der Waals surface area contributed by atoms with E-state index >= 15 is 0 Å². The first-order valence-corrected chi connectivity index (χ1v) is 10.1. The van der Waals surface area contributed by atoms with Crippen LogP contribution in [0.4, 0.5) is 0 Å². The molecule has 156 valence electrons. The van der Waals surface area contributed by atoms with E-state index in [1.165, 1.54) is 0 Å². The molecule has 0 spiro atoms. The van der Waals surface area contributed by atoms with E-state index in [2.05, 4.69) is 5.32 Å². The molecule has 2 aromatic rings. The van der Waals surface area contributed by atoms with E-state index in [1.807, 2.05) is 56.3 Å². The number of benzene rings is 2. The summed E-state index contributed by atoms with van der Waals surface area (Å²) in [6.07, 6.45) is 0.191. The minimum Gasteiger partial charge on any atom is -0.497 e. The Morgan fingerprint density at radius 1 is 1.07 bits per heavy atom. The van der Waals surface area contributed by atoms with Crippen LogP contribution in [-0.4, -0.2) is 36.4 Å². The van der Waals surface area contributed by atoms with Gasteiger partial charge in [0.05, 0.1) is 13.5 Å². The molecule has 0 bridgehead atoms. The molecule has 1 atom stereocenters. The zero-order valence-electron chi connectivity index (χ0n) is 17.4. The van der Waals surface area contributed by atoms with Gasteiger partial charge in [-0.1, -0.05) is 55.8 Å². The van der Waals surface area contributed by atoms with Crippen molar-refractivity contribution in [2.45, 2.75) is 39.8 Å². The zero-order valence-corrected chi connectivity index (χ0v) is 18.2. The number of carbonyl (C=O) groups excluding carboxylic acids is 2. The fourth-order valence-electron chi connectivity index (χ4n) is 2.86. The van der Waals surface area contributed by atoms with Crippen LogP contribution in [0.2, 0.25) is 5.02 Å². The average Bonchev–Trinajstić information content (AvgIpc) is 2.71. The lowest BCUT2D eigenvalue weighted by molar-refractivity contribution is -0.140. The van der Waals surface area contributed by atoms with Crippen molar-refractivity contribution in [2.75, 3.05) is 13.7 Å². The summed E-state index contributed by atoms with van der Waals surface area (Å²) in [7, 11) is 1.60. The molecule has 0 fully saturated rings. The Bertz CT molecular complexity index is 821. The Balaban J connectivity index is 2.20. The average molecular weight is 417 g/mol. The van der Waals surface area contributed by atoms with Gasteiger partial charge < -0.3 is 15.0 Å². The number of halogens is 1. The Hall–Kier alpha value is -2.53. The molecule has 0 aliphatic carbocycles. The van der Waals surface area contributed by atoms with Gasteiger partial charge in [-0.25, -0.2) is 0 Å². The van der Waals surface area contributed by atoms with Gasteiger partial charge in [-0.05, 0) is 42.2 Å². The Morgan fingerprint density at radius 2 is 1.72 bits per heavy atom.